The maximum atomic E-state index is 9.41. The Hall–Kier alpha value is -0.910. The molecule has 0 aliphatic carbocycles. The summed E-state index contributed by atoms with van der Waals surface area (Å²) >= 11 is 9.50. The van der Waals surface area contributed by atoms with Gasteiger partial charge in [0.15, 0.2) is 0 Å². The van der Waals surface area contributed by atoms with E-state index >= 15 is 0 Å². The van der Waals surface area contributed by atoms with Gasteiger partial charge in [-0.15, -0.1) is 0 Å². The van der Waals surface area contributed by atoms with Crippen LogP contribution >= 0.6 is 27.5 Å². The molecule has 0 aromatic heterocycles. The fraction of sp³-hybridized carbons (Fsp3) is 0.333. The highest BCUT2D eigenvalue weighted by molar-refractivity contribution is 9.10. The molecule has 3 rings (SSSR count). The van der Waals surface area contributed by atoms with Crippen LogP contribution in [0.2, 0.25) is 5.02 Å². The molecule has 2 aliphatic rings. The van der Waals surface area contributed by atoms with Crippen molar-refractivity contribution in [3.05, 3.63) is 27.2 Å². The predicted octanol–water partition coefficient (Wildman–Crippen LogP) is 2.59. The van der Waals surface area contributed by atoms with Crippen molar-refractivity contribution in [1.29, 1.82) is 0 Å². The second-order valence-corrected chi connectivity index (χ2v) is 6.01. The molecule has 1 unspecified atom stereocenters. The second-order valence-electron chi connectivity index (χ2n) is 4.75. The van der Waals surface area contributed by atoms with Gasteiger partial charge in [-0.25, -0.2) is 4.99 Å². The first-order chi connectivity index (χ1) is 8.52. The van der Waals surface area contributed by atoms with Crippen molar-refractivity contribution < 1.29 is 5.11 Å². The lowest BCUT2D eigenvalue weighted by molar-refractivity contribution is 0.209. The zero-order valence-electron chi connectivity index (χ0n) is 9.69. The van der Waals surface area contributed by atoms with Crippen molar-refractivity contribution in [3.8, 4) is 0 Å². The van der Waals surface area contributed by atoms with Gasteiger partial charge in [-0.2, -0.15) is 0 Å². The van der Waals surface area contributed by atoms with Crippen LogP contribution in [0, 0.1) is 0 Å². The predicted molar refractivity (Wildman–Crippen MR) is 76.0 cm³/mol. The summed E-state index contributed by atoms with van der Waals surface area (Å²) in [5.41, 5.74) is 1.27. The van der Waals surface area contributed by atoms with E-state index in [1.807, 2.05) is 24.0 Å². The van der Waals surface area contributed by atoms with Crippen LogP contribution in [0.25, 0.3) is 0 Å². The fourth-order valence-corrected chi connectivity index (χ4v) is 2.64. The van der Waals surface area contributed by atoms with Crippen molar-refractivity contribution in [2.45, 2.75) is 12.5 Å². The van der Waals surface area contributed by atoms with Gasteiger partial charge in [0.05, 0.1) is 30.2 Å². The molecule has 0 fully saturated rings. The van der Waals surface area contributed by atoms with Gasteiger partial charge in [0.1, 0.15) is 11.4 Å². The minimum atomic E-state index is -0.470. The molecule has 1 atom stereocenters. The molecule has 2 heterocycles. The van der Waals surface area contributed by atoms with Gasteiger partial charge in [0.25, 0.3) is 0 Å². The third kappa shape index (κ3) is 1.77. The van der Waals surface area contributed by atoms with Crippen molar-refractivity contribution in [2.75, 3.05) is 13.2 Å². The van der Waals surface area contributed by atoms with Gasteiger partial charge >= 0.3 is 0 Å². The molecule has 2 aliphatic heterocycles. The summed E-state index contributed by atoms with van der Waals surface area (Å²) in [5, 5.41) is 10.0. The fourth-order valence-electron chi connectivity index (χ4n) is 2.15. The van der Waals surface area contributed by atoms with Gasteiger partial charge in [-0.3, -0.25) is 4.99 Å². The standard InChI is InChI=1S/C12H11BrClN3O/c1-12(5-18)4-17-6-15-10-3-8(13)9(14)2-7(10)11(17)16-12/h2-3,6,18H,4-5H2,1H3. The largest absolute Gasteiger partial charge is 0.394 e. The van der Waals surface area contributed by atoms with Crippen LogP contribution in [0.3, 0.4) is 0 Å². The average molecular weight is 329 g/mol. The summed E-state index contributed by atoms with van der Waals surface area (Å²) in [6.07, 6.45) is 1.75. The highest BCUT2D eigenvalue weighted by atomic mass is 79.9. The van der Waals surface area contributed by atoms with Crippen LogP contribution in [0.15, 0.2) is 26.6 Å². The van der Waals surface area contributed by atoms with Crippen molar-refractivity contribution in [2.24, 2.45) is 9.98 Å². The lowest BCUT2D eigenvalue weighted by Gasteiger charge is -2.22. The zero-order valence-corrected chi connectivity index (χ0v) is 12.0. The SMILES string of the molecule is CC1(CO)CN2C=Nc3cc(Br)c(Cl)cc3C2=N1. The monoisotopic (exact) mass is 327 g/mol. The average Bonchev–Trinajstić information content (AvgIpc) is 2.69. The molecule has 0 amide bonds. The lowest BCUT2D eigenvalue weighted by atomic mass is 10.1. The van der Waals surface area contributed by atoms with Gasteiger partial charge in [-0.1, -0.05) is 11.6 Å². The first-order valence-electron chi connectivity index (χ1n) is 5.53. The summed E-state index contributed by atoms with van der Waals surface area (Å²) in [4.78, 5) is 10.9. The second kappa shape index (κ2) is 4.05. The molecule has 0 bridgehead atoms. The molecule has 0 radical (unpaired) electrons. The quantitative estimate of drug-likeness (QED) is 0.861. The van der Waals surface area contributed by atoms with Crippen LogP contribution in [-0.2, 0) is 0 Å². The third-order valence-electron chi connectivity index (χ3n) is 3.12. The number of nitrogens with zero attached hydrogens (tertiary/aromatic N) is 3. The number of benzene rings is 1. The van der Waals surface area contributed by atoms with Crippen LogP contribution < -0.4 is 0 Å². The lowest BCUT2D eigenvalue weighted by Crippen LogP contribution is -2.36. The van der Waals surface area contributed by atoms with Gasteiger partial charge in [-0.05, 0) is 35.0 Å². The van der Waals surface area contributed by atoms with E-state index in [1.54, 1.807) is 6.34 Å². The number of hydrogen-bond donors (Lipinski definition) is 1. The van der Waals surface area contributed by atoms with Gasteiger partial charge in [0.2, 0.25) is 0 Å². The Morgan fingerprint density at radius 3 is 3.06 bits per heavy atom. The molecule has 1 aromatic carbocycles. The third-order valence-corrected chi connectivity index (χ3v) is 4.31. The topological polar surface area (TPSA) is 48.2 Å². The van der Waals surface area contributed by atoms with Gasteiger partial charge < -0.3 is 10.0 Å². The van der Waals surface area contributed by atoms with E-state index in [2.05, 4.69) is 25.9 Å². The minimum Gasteiger partial charge on any atom is -0.394 e. The number of aliphatic hydroxyl groups excluding tert-OH is 1. The molecule has 0 spiro atoms. The molecule has 6 heteroatoms. The Labute approximate surface area is 118 Å². The summed E-state index contributed by atoms with van der Waals surface area (Å²) in [7, 11) is 0. The Bertz CT molecular complexity index is 587. The number of aliphatic imine (C=N–C) groups is 2. The molecule has 1 aromatic rings. The summed E-state index contributed by atoms with van der Waals surface area (Å²) in [6.45, 7) is 2.57. The zero-order chi connectivity index (χ0) is 12.9. The molecule has 0 saturated carbocycles. The maximum absolute atomic E-state index is 9.41. The summed E-state index contributed by atoms with van der Waals surface area (Å²) < 4.78 is 0.817. The van der Waals surface area contributed by atoms with E-state index in [0.717, 1.165) is 21.6 Å². The maximum Gasteiger partial charge on any atom is 0.139 e. The number of amidine groups is 1. The van der Waals surface area contributed by atoms with E-state index in [1.165, 1.54) is 0 Å². The van der Waals surface area contributed by atoms with E-state index in [0.29, 0.717) is 11.6 Å². The van der Waals surface area contributed by atoms with E-state index < -0.39 is 5.54 Å². The normalized spacial score (nSPS) is 24.9. The molecule has 0 saturated heterocycles. The van der Waals surface area contributed by atoms with E-state index in [9.17, 15) is 5.11 Å². The summed E-state index contributed by atoms with van der Waals surface area (Å²) in [5.74, 6) is 0.825. The molecular formula is C12H11BrClN3O. The summed E-state index contributed by atoms with van der Waals surface area (Å²) in [6, 6.07) is 3.73. The van der Waals surface area contributed by atoms with Crippen molar-refractivity contribution >= 4 is 45.4 Å². The van der Waals surface area contributed by atoms with Crippen molar-refractivity contribution in [1.82, 2.24) is 4.90 Å². The molecule has 1 N–H and O–H groups in total. The molecule has 4 nitrogen and oxygen atoms in total. The van der Waals surface area contributed by atoms with E-state index in [4.69, 9.17) is 11.6 Å². The van der Waals surface area contributed by atoms with Crippen LogP contribution in [0.1, 0.15) is 12.5 Å². The number of rotatable bonds is 1. The molecule has 18 heavy (non-hydrogen) atoms. The number of fused-ring (bicyclic) bond motifs is 3. The van der Waals surface area contributed by atoms with Crippen LogP contribution in [0.4, 0.5) is 5.69 Å². The first-order valence-corrected chi connectivity index (χ1v) is 6.70. The van der Waals surface area contributed by atoms with Crippen molar-refractivity contribution in [3.63, 3.8) is 0 Å². The highest BCUT2D eigenvalue weighted by Gasteiger charge is 2.37. The Kier molecular flexibility index (Phi) is 2.73. The Morgan fingerprint density at radius 2 is 2.33 bits per heavy atom. The number of halogens is 2. The first kappa shape index (κ1) is 12.1. The Balaban J connectivity index is 2.16. The van der Waals surface area contributed by atoms with Crippen LogP contribution in [0.5, 0.6) is 0 Å². The van der Waals surface area contributed by atoms with Crippen LogP contribution in [-0.4, -0.2) is 40.9 Å². The smallest absolute Gasteiger partial charge is 0.139 e. The van der Waals surface area contributed by atoms with E-state index in [-0.39, 0.29) is 6.61 Å². The highest BCUT2D eigenvalue weighted by Crippen LogP contribution is 2.36. The van der Waals surface area contributed by atoms with Gasteiger partial charge in [0, 0.05) is 10.0 Å². The number of aliphatic hydroxyl groups is 1. The number of hydrogen-bond acceptors (Lipinski definition) is 4. The molecular weight excluding hydrogens is 318 g/mol. The molecule has 94 valence electrons. The minimum absolute atomic E-state index is 0.0143. The Morgan fingerprint density at radius 1 is 1.56 bits per heavy atom.